The van der Waals surface area contributed by atoms with E-state index in [9.17, 15) is 34.4 Å². The average Bonchev–Trinajstić information content (AvgIpc) is 1.59. The zero-order valence-corrected chi connectivity index (χ0v) is 45.4. The minimum atomic E-state index is -3.82. The molecular weight excluding hydrogens is 1070 g/mol. The van der Waals surface area contributed by atoms with Crippen molar-refractivity contribution in [2.45, 2.75) is 98.8 Å². The van der Waals surface area contributed by atoms with Crippen molar-refractivity contribution in [3.05, 3.63) is 156 Å². The monoisotopic (exact) mass is 1140 g/mol. The number of aryl methyl sites for hydroxylation is 4. The van der Waals surface area contributed by atoms with Crippen LogP contribution >= 0.6 is 0 Å². The van der Waals surface area contributed by atoms with Gasteiger partial charge in [0.05, 0.1) is 101 Å². The summed E-state index contributed by atoms with van der Waals surface area (Å²) in [6.07, 6.45) is 7.23. The summed E-state index contributed by atoms with van der Waals surface area (Å²) in [5.41, 5.74) is 4.59. The molecule has 416 valence electrons. The van der Waals surface area contributed by atoms with E-state index in [1.54, 1.807) is 44.5 Å². The fraction of sp³-hybridized carbons (Fsp3) is 0.333. The first kappa shape index (κ1) is 47.5. The average molecular weight is 1140 g/mol. The van der Waals surface area contributed by atoms with E-state index >= 15 is 8.78 Å². The van der Waals surface area contributed by atoms with E-state index in [4.69, 9.17) is 8.22 Å². The molecule has 0 bridgehead atoms. The van der Waals surface area contributed by atoms with Crippen LogP contribution in [0.15, 0.2) is 132 Å². The summed E-state index contributed by atoms with van der Waals surface area (Å²) in [5.74, 6) is -7.71. The summed E-state index contributed by atoms with van der Waals surface area (Å²) in [5, 5.41) is 0.189. The first-order chi connectivity index (χ1) is 40.3. The minimum absolute atomic E-state index is 0.0945. The summed E-state index contributed by atoms with van der Waals surface area (Å²) < 4.78 is 194. The van der Waals surface area contributed by atoms with Crippen molar-refractivity contribution in [3.63, 3.8) is 0 Å². The van der Waals surface area contributed by atoms with Crippen molar-refractivity contribution in [1.29, 1.82) is 0 Å². The highest BCUT2D eigenvalue weighted by molar-refractivity contribution is 7.91. The highest BCUT2D eigenvalue weighted by Gasteiger charge is 2.42. The molecule has 2 aliphatic carbocycles. The van der Waals surface area contributed by atoms with Crippen LogP contribution in [-0.4, -0.2) is 79.4 Å². The van der Waals surface area contributed by atoms with Gasteiger partial charge in [0.25, 0.3) is 0 Å². The van der Waals surface area contributed by atoms with Crippen molar-refractivity contribution in [2.24, 2.45) is 25.9 Å². The van der Waals surface area contributed by atoms with E-state index in [1.807, 2.05) is 60.7 Å². The molecule has 20 heteroatoms. The van der Waals surface area contributed by atoms with Crippen molar-refractivity contribution in [3.8, 4) is 22.5 Å². The Hall–Kier alpha value is -7.32. The molecule has 0 saturated heterocycles. The number of rotatable bonds is 10. The smallest absolute Gasteiger partial charge is 0.248 e. The lowest BCUT2D eigenvalue weighted by Gasteiger charge is -2.35. The standard InChI is InChI=1S/2C30H29F3N4O2S/c2*1-18-28(36(2)17-35-18)21-13-25-27(34-16-21)26-23(31)14-22(40(3,38)39)15-24(26)37(25)29(19-7-5-4-6-8-19)20-9-11-30(32,33)12-10-20/h2*4-8,13-17,20,29H,9-12H2,1-3H3/i2*1D3. The van der Waals surface area contributed by atoms with Gasteiger partial charge in [0, 0.05) is 84.0 Å². The molecule has 0 spiro atoms. The highest BCUT2D eigenvalue weighted by Crippen LogP contribution is 2.49. The van der Waals surface area contributed by atoms with E-state index in [1.165, 1.54) is 37.2 Å². The predicted octanol–water partition coefficient (Wildman–Crippen LogP) is 13.7. The second-order valence-corrected chi connectivity index (χ2v) is 25.3. The Morgan fingerprint density at radius 3 is 1.24 bits per heavy atom. The van der Waals surface area contributed by atoms with E-state index in [0.29, 0.717) is 33.5 Å². The van der Waals surface area contributed by atoms with Gasteiger partial charge in [0.2, 0.25) is 11.8 Å². The summed E-state index contributed by atoms with van der Waals surface area (Å²) in [6, 6.07) is 25.5. The van der Waals surface area contributed by atoms with Gasteiger partial charge in [-0.25, -0.2) is 53.1 Å². The number of nitrogens with zero attached hydrogens (tertiary/aromatic N) is 8. The Bertz CT molecular complexity index is 4210. The van der Waals surface area contributed by atoms with Gasteiger partial charge in [-0.1, -0.05) is 60.7 Å². The third kappa shape index (κ3) is 10.1. The summed E-state index contributed by atoms with van der Waals surface area (Å²) >= 11 is 0. The van der Waals surface area contributed by atoms with Crippen LogP contribution in [0.3, 0.4) is 0 Å². The maximum Gasteiger partial charge on any atom is 0.248 e. The molecule has 12 rings (SSSR count). The van der Waals surface area contributed by atoms with Crippen LogP contribution < -0.4 is 0 Å². The summed E-state index contributed by atoms with van der Waals surface area (Å²) in [7, 11) is -4.33. The molecule has 0 N–H and O–H groups in total. The van der Waals surface area contributed by atoms with Crippen LogP contribution in [0.25, 0.3) is 66.4 Å². The van der Waals surface area contributed by atoms with E-state index in [-0.39, 0.29) is 117 Å². The Labute approximate surface area is 467 Å². The molecule has 12 nitrogen and oxygen atoms in total. The van der Waals surface area contributed by atoms with Crippen LogP contribution in [0.1, 0.15) is 94.2 Å². The van der Waals surface area contributed by atoms with Crippen LogP contribution in [-0.2, 0) is 33.8 Å². The van der Waals surface area contributed by atoms with Gasteiger partial charge >= 0.3 is 0 Å². The van der Waals surface area contributed by atoms with Gasteiger partial charge in [-0.2, -0.15) is 0 Å². The number of aromatic nitrogens is 8. The fourth-order valence-corrected chi connectivity index (χ4v) is 13.3. The van der Waals surface area contributed by atoms with E-state index < -0.39 is 68.9 Å². The quantitative estimate of drug-likeness (QED) is 0.123. The Morgan fingerprint density at radius 2 is 0.900 bits per heavy atom. The van der Waals surface area contributed by atoms with Gasteiger partial charge in [-0.3, -0.25) is 9.97 Å². The van der Waals surface area contributed by atoms with Gasteiger partial charge in [-0.05, 0) is 98.7 Å². The Balaban J connectivity index is 0.000000179. The zero-order chi connectivity index (χ0) is 61.8. The Morgan fingerprint density at radius 1 is 0.537 bits per heavy atom. The number of halogens is 6. The zero-order valence-electron chi connectivity index (χ0n) is 49.8. The van der Waals surface area contributed by atoms with Crippen molar-refractivity contribution in [1.82, 2.24) is 38.2 Å². The molecule has 0 radical (unpaired) electrons. The molecule has 2 saturated carbocycles. The van der Waals surface area contributed by atoms with Gasteiger partial charge in [0.1, 0.15) is 11.6 Å². The maximum absolute atomic E-state index is 15.9. The lowest BCUT2D eigenvalue weighted by atomic mass is 9.79. The normalized spacial score (nSPS) is 18.5. The lowest BCUT2D eigenvalue weighted by Crippen LogP contribution is -2.30. The molecule has 80 heavy (non-hydrogen) atoms. The fourth-order valence-electron chi connectivity index (χ4n) is 12.1. The number of imidazole rings is 2. The third-order valence-electron chi connectivity index (χ3n) is 15.9. The SMILES string of the molecule is [2H]C([2H])([2H])c1ncn(C)c1-c1cnc2c3c(F)cc(S(C)(=O)=O)cc3n(C(c3ccccc3)C3CCC(F)(F)CC3)c2c1.[2H]C([2H])([2H])c1ncn(C)c1-c1cnc2c3c(F)cc(S(C)(=O)=O)cc3n(C(c3ccccc3)C3CCC(F)(F)CC3)c2c1. The number of alkyl halides is 4. The van der Waals surface area contributed by atoms with Crippen LogP contribution in [0.4, 0.5) is 26.3 Å². The van der Waals surface area contributed by atoms with E-state index in [0.717, 1.165) is 35.8 Å². The number of pyridine rings is 2. The summed E-state index contributed by atoms with van der Waals surface area (Å²) in [4.78, 5) is 16.9. The maximum atomic E-state index is 15.9. The molecule has 2 atom stereocenters. The molecule has 2 unspecified atom stereocenters. The molecule has 6 aromatic heterocycles. The van der Waals surface area contributed by atoms with Gasteiger partial charge in [-0.15, -0.1) is 0 Å². The molecule has 2 aliphatic rings. The van der Waals surface area contributed by atoms with Crippen LogP contribution in [0.5, 0.6) is 0 Å². The number of benzene rings is 4. The third-order valence-corrected chi connectivity index (χ3v) is 18.0. The first-order valence-corrected chi connectivity index (χ1v) is 29.7. The number of fused-ring (bicyclic) bond motifs is 6. The van der Waals surface area contributed by atoms with E-state index in [2.05, 4.69) is 19.9 Å². The second kappa shape index (κ2) is 20.3. The number of hydrogen-bond donors (Lipinski definition) is 0. The number of sulfone groups is 2. The molecule has 2 fully saturated rings. The van der Waals surface area contributed by atoms with Crippen LogP contribution in [0.2, 0.25) is 0 Å². The molecule has 6 heterocycles. The molecule has 10 aromatic rings. The highest BCUT2D eigenvalue weighted by atomic mass is 32.2. The predicted molar refractivity (Wildman–Crippen MR) is 297 cm³/mol. The second-order valence-electron chi connectivity index (χ2n) is 21.3. The largest absolute Gasteiger partial charge is 0.333 e. The first-order valence-electron chi connectivity index (χ1n) is 28.9. The van der Waals surface area contributed by atoms with Crippen molar-refractivity contribution >= 4 is 63.5 Å². The molecule has 0 amide bonds. The number of hydrogen-bond acceptors (Lipinski definition) is 8. The molecular formula is C60H58F6N8O4S2. The van der Waals surface area contributed by atoms with Crippen LogP contribution in [0, 0.1) is 37.2 Å². The molecule has 0 aliphatic heterocycles. The lowest BCUT2D eigenvalue weighted by molar-refractivity contribution is -0.0498. The van der Waals surface area contributed by atoms with Gasteiger partial charge < -0.3 is 18.3 Å². The molecule has 4 aromatic carbocycles. The summed E-state index contributed by atoms with van der Waals surface area (Å²) in [6.45, 7) is -5.04. The van der Waals surface area contributed by atoms with Crippen molar-refractivity contribution in [2.75, 3.05) is 12.5 Å². The Kier molecular flexibility index (Phi) is 12.1. The minimum Gasteiger partial charge on any atom is -0.333 e. The van der Waals surface area contributed by atoms with Gasteiger partial charge in [0.15, 0.2) is 19.7 Å². The van der Waals surface area contributed by atoms with Crippen molar-refractivity contribution < 1.29 is 51.4 Å². The topological polar surface area (TPSA) is 140 Å².